The molecule has 0 bridgehead atoms. The van der Waals surface area contributed by atoms with Gasteiger partial charge in [0.2, 0.25) is 0 Å². The highest BCUT2D eigenvalue weighted by molar-refractivity contribution is 6.11. The van der Waals surface area contributed by atoms with Gasteiger partial charge in [-0.25, -0.2) is 0 Å². The fourth-order valence-electron chi connectivity index (χ4n) is 6.98. The molecule has 0 fully saturated rings. The molecule has 40 heavy (non-hydrogen) atoms. The lowest BCUT2D eigenvalue weighted by atomic mass is 9.91. The van der Waals surface area contributed by atoms with Crippen LogP contribution in [-0.4, -0.2) is 9.13 Å². The van der Waals surface area contributed by atoms with E-state index in [1.54, 1.807) is 0 Å². The predicted molar refractivity (Wildman–Crippen MR) is 167 cm³/mol. The van der Waals surface area contributed by atoms with Crippen LogP contribution in [0.4, 0.5) is 0 Å². The van der Waals surface area contributed by atoms with Crippen molar-refractivity contribution in [2.75, 3.05) is 0 Å². The Morgan fingerprint density at radius 1 is 0.575 bits per heavy atom. The fraction of sp³-hybridized carbons (Fsp3) is 0.0811. The molecule has 0 aliphatic heterocycles. The third-order valence-electron chi connectivity index (χ3n) is 8.74. The van der Waals surface area contributed by atoms with Crippen LogP contribution in [0.1, 0.15) is 30.5 Å². The Kier molecular flexibility index (Phi) is 4.37. The quantitative estimate of drug-likeness (QED) is 0.225. The maximum Gasteiger partial charge on any atom is 0.135 e. The summed E-state index contributed by atoms with van der Waals surface area (Å²) in [5.41, 5.74) is 10.6. The number of fused-ring (bicyclic) bond motifs is 9. The van der Waals surface area contributed by atoms with Crippen molar-refractivity contribution in [3.8, 4) is 11.4 Å². The molecule has 1 unspecified atom stereocenters. The minimum atomic E-state index is 0.505. The number of allylic oxidation sites excluding steroid dienone is 1. The lowest BCUT2D eigenvalue weighted by Crippen LogP contribution is -2.03. The molecule has 0 saturated carbocycles. The molecule has 190 valence electrons. The van der Waals surface area contributed by atoms with Crippen molar-refractivity contribution in [3.05, 3.63) is 127 Å². The molecule has 1 aliphatic rings. The van der Waals surface area contributed by atoms with Crippen molar-refractivity contribution in [1.82, 2.24) is 9.13 Å². The number of hydrogen-bond donors (Lipinski definition) is 0. The molecule has 0 spiro atoms. The van der Waals surface area contributed by atoms with Gasteiger partial charge in [0.15, 0.2) is 0 Å². The Morgan fingerprint density at radius 2 is 1.20 bits per heavy atom. The van der Waals surface area contributed by atoms with Gasteiger partial charge in [-0.2, -0.15) is 0 Å². The van der Waals surface area contributed by atoms with Gasteiger partial charge in [-0.1, -0.05) is 67.6 Å². The summed E-state index contributed by atoms with van der Waals surface area (Å²) >= 11 is 0. The van der Waals surface area contributed by atoms with Crippen molar-refractivity contribution < 1.29 is 4.42 Å². The minimum absolute atomic E-state index is 0.505. The second-order valence-corrected chi connectivity index (χ2v) is 11.0. The van der Waals surface area contributed by atoms with Crippen molar-refractivity contribution in [1.29, 1.82) is 0 Å². The van der Waals surface area contributed by atoms with E-state index in [2.05, 4.69) is 125 Å². The zero-order valence-corrected chi connectivity index (χ0v) is 22.1. The van der Waals surface area contributed by atoms with E-state index in [-0.39, 0.29) is 0 Å². The van der Waals surface area contributed by atoms with Crippen LogP contribution in [0.25, 0.3) is 72.1 Å². The molecule has 0 amide bonds. The fourth-order valence-corrected chi connectivity index (χ4v) is 6.98. The van der Waals surface area contributed by atoms with Crippen molar-refractivity contribution in [2.24, 2.45) is 0 Å². The maximum atomic E-state index is 6.13. The highest BCUT2D eigenvalue weighted by atomic mass is 16.3. The molecule has 3 heterocycles. The summed E-state index contributed by atoms with van der Waals surface area (Å²) in [7, 11) is 0. The molecule has 3 aromatic heterocycles. The Bertz CT molecular complexity index is 2320. The first-order valence-electron chi connectivity index (χ1n) is 14.0. The lowest BCUT2D eigenvalue weighted by Gasteiger charge is -2.17. The first-order valence-corrected chi connectivity index (χ1v) is 14.0. The van der Waals surface area contributed by atoms with Crippen molar-refractivity contribution in [3.63, 3.8) is 0 Å². The Hall–Kier alpha value is -5.02. The van der Waals surface area contributed by atoms with Gasteiger partial charge in [0.1, 0.15) is 11.2 Å². The van der Waals surface area contributed by atoms with Gasteiger partial charge in [0.05, 0.1) is 16.6 Å². The molecule has 8 aromatic rings. The van der Waals surface area contributed by atoms with Crippen LogP contribution < -0.4 is 0 Å². The summed E-state index contributed by atoms with van der Waals surface area (Å²) in [6.07, 6.45) is 5.72. The number of para-hydroxylation sites is 3. The van der Waals surface area contributed by atoms with Crippen LogP contribution >= 0.6 is 0 Å². The van der Waals surface area contributed by atoms with E-state index in [1.807, 2.05) is 12.1 Å². The van der Waals surface area contributed by atoms with Crippen LogP contribution in [0.5, 0.6) is 0 Å². The molecular formula is C37H26N2O. The third kappa shape index (κ3) is 2.89. The molecule has 1 aliphatic carbocycles. The summed E-state index contributed by atoms with van der Waals surface area (Å²) in [5, 5.41) is 6.16. The summed E-state index contributed by atoms with van der Waals surface area (Å²) < 4.78 is 11.0. The van der Waals surface area contributed by atoms with Crippen LogP contribution in [0.15, 0.2) is 120 Å². The molecule has 5 aromatic carbocycles. The highest BCUT2D eigenvalue weighted by Crippen LogP contribution is 2.41. The van der Waals surface area contributed by atoms with E-state index in [0.717, 1.165) is 34.0 Å². The number of furan rings is 1. The summed E-state index contributed by atoms with van der Waals surface area (Å²) in [4.78, 5) is 0. The lowest BCUT2D eigenvalue weighted by molar-refractivity contribution is 0.669. The average molecular weight is 515 g/mol. The SMILES string of the molecule is CC1CC=Cc2c1c1ccccc1n2-c1ccc2c(c1)c1ccccc1n2-c1ccc2oc3ccccc3c2c1. The number of hydrogen-bond acceptors (Lipinski definition) is 1. The Labute approximate surface area is 231 Å². The van der Waals surface area contributed by atoms with Gasteiger partial charge in [0.25, 0.3) is 0 Å². The largest absolute Gasteiger partial charge is 0.456 e. The predicted octanol–water partition coefficient (Wildman–Crippen LogP) is 10.1. The monoisotopic (exact) mass is 514 g/mol. The van der Waals surface area contributed by atoms with Crippen LogP contribution in [0.3, 0.4) is 0 Å². The molecule has 0 saturated heterocycles. The third-order valence-corrected chi connectivity index (χ3v) is 8.74. The molecule has 1 atom stereocenters. The van der Waals surface area contributed by atoms with Gasteiger partial charge in [-0.3, -0.25) is 0 Å². The topological polar surface area (TPSA) is 23.0 Å². The number of aromatic nitrogens is 2. The molecule has 0 N–H and O–H groups in total. The normalized spacial score (nSPS) is 15.2. The van der Waals surface area contributed by atoms with E-state index < -0.39 is 0 Å². The minimum Gasteiger partial charge on any atom is -0.456 e. The Balaban J connectivity index is 1.32. The standard InChI is InChI=1S/C37H26N2O/c1-23-9-8-15-34-37(23)28-12-3-6-14-32(28)39(34)24-17-19-33-29(21-24)26-10-2-5-13-31(26)38(33)25-18-20-36-30(22-25)27-11-4-7-16-35(27)40-36/h2-8,10-23H,9H2,1H3. The van der Waals surface area contributed by atoms with Gasteiger partial charge < -0.3 is 13.6 Å². The van der Waals surface area contributed by atoms with Crippen LogP contribution in [0, 0.1) is 0 Å². The molecule has 3 heteroatoms. The van der Waals surface area contributed by atoms with E-state index in [4.69, 9.17) is 4.42 Å². The summed E-state index contributed by atoms with van der Waals surface area (Å²) in [6.45, 7) is 2.34. The number of nitrogens with zero attached hydrogens (tertiary/aromatic N) is 2. The molecule has 3 nitrogen and oxygen atoms in total. The van der Waals surface area contributed by atoms with Crippen molar-refractivity contribution >= 4 is 60.7 Å². The van der Waals surface area contributed by atoms with Crippen LogP contribution in [-0.2, 0) is 0 Å². The zero-order valence-electron chi connectivity index (χ0n) is 22.1. The van der Waals surface area contributed by atoms with E-state index in [9.17, 15) is 0 Å². The average Bonchev–Trinajstić information content (AvgIpc) is 3.64. The number of rotatable bonds is 2. The van der Waals surface area contributed by atoms with E-state index in [0.29, 0.717) is 5.92 Å². The highest BCUT2D eigenvalue weighted by Gasteiger charge is 2.23. The maximum absolute atomic E-state index is 6.13. The molecule has 0 radical (unpaired) electrons. The van der Waals surface area contributed by atoms with Gasteiger partial charge in [-0.15, -0.1) is 0 Å². The summed E-state index contributed by atoms with van der Waals surface area (Å²) in [6, 6.07) is 39.4. The van der Waals surface area contributed by atoms with Gasteiger partial charge in [-0.05, 0) is 78.6 Å². The second-order valence-electron chi connectivity index (χ2n) is 11.0. The summed E-state index contributed by atoms with van der Waals surface area (Å²) in [5.74, 6) is 0.505. The van der Waals surface area contributed by atoms with E-state index >= 15 is 0 Å². The first-order chi connectivity index (χ1) is 19.8. The number of benzene rings is 5. The van der Waals surface area contributed by atoms with Gasteiger partial charge >= 0.3 is 0 Å². The second kappa shape index (κ2) is 8.00. The first kappa shape index (κ1) is 21.9. The van der Waals surface area contributed by atoms with Crippen molar-refractivity contribution in [2.45, 2.75) is 19.3 Å². The molecular weight excluding hydrogens is 488 g/mol. The van der Waals surface area contributed by atoms with E-state index in [1.165, 1.54) is 49.7 Å². The smallest absolute Gasteiger partial charge is 0.135 e. The Morgan fingerprint density at radius 3 is 2.08 bits per heavy atom. The van der Waals surface area contributed by atoms with Gasteiger partial charge in [0, 0.05) is 44.0 Å². The van der Waals surface area contributed by atoms with Crippen LogP contribution in [0.2, 0.25) is 0 Å². The zero-order chi connectivity index (χ0) is 26.4. The molecule has 9 rings (SSSR count).